The van der Waals surface area contributed by atoms with Crippen LogP contribution in [-0.2, 0) is 13.6 Å². The molecule has 0 aliphatic carbocycles. The van der Waals surface area contributed by atoms with Gasteiger partial charge in [-0.05, 0) is 48.9 Å². The first-order valence-electron chi connectivity index (χ1n) is 10.5. The van der Waals surface area contributed by atoms with Crippen molar-refractivity contribution in [2.75, 3.05) is 5.32 Å². The van der Waals surface area contributed by atoms with Crippen LogP contribution in [0.15, 0.2) is 65.3 Å². The molecule has 0 fully saturated rings. The number of halogens is 1. The normalized spacial score (nSPS) is 12.9. The summed E-state index contributed by atoms with van der Waals surface area (Å²) in [7, 11) is 1.92. The average Bonchev–Trinajstić information content (AvgIpc) is 3.33. The number of fused-ring (bicyclic) bond motifs is 10. The van der Waals surface area contributed by atoms with E-state index in [9.17, 15) is 4.79 Å². The smallest absolute Gasteiger partial charge is 0.258 e. The summed E-state index contributed by atoms with van der Waals surface area (Å²) in [5, 5.41) is 7.53. The Labute approximate surface area is 198 Å². The molecule has 1 N–H and O–H groups in total. The summed E-state index contributed by atoms with van der Waals surface area (Å²) in [4.78, 5) is 22.8. The number of aryl methyl sites for hydroxylation is 2. The molecule has 33 heavy (non-hydrogen) atoms. The van der Waals surface area contributed by atoms with Gasteiger partial charge in [-0.3, -0.25) is 19.8 Å². The summed E-state index contributed by atoms with van der Waals surface area (Å²) in [5.41, 5.74) is 7.72. The standard InChI is InChI=1S/C25H19BrN6O/c1-14-8-17-10-21(28-14)19-12-27-31(2)23(19)16-5-3-4-15(9-16)13-32-22-11-18(26)6-7-20(22)29-25(32)30-24(17)33/h3-12H,13H2,1-2H3,(H,29,30,33). The first-order valence-corrected chi connectivity index (χ1v) is 11.3. The highest BCUT2D eigenvalue weighted by molar-refractivity contribution is 9.10. The zero-order valence-corrected chi connectivity index (χ0v) is 19.6. The largest absolute Gasteiger partial charge is 0.305 e. The molecule has 4 heterocycles. The number of imidazole rings is 1. The van der Waals surface area contributed by atoms with E-state index in [0.717, 1.165) is 43.6 Å². The Kier molecular flexibility index (Phi) is 4.45. The zero-order chi connectivity index (χ0) is 22.7. The molecule has 1 aliphatic heterocycles. The van der Waals surface area contributed by atoms with E-state index < -0.39 is 0 Å². The molecule has 3 aromatic heterocycles. The third-order valence-electron chi connectivity index (χ3n) is 5.91. The third kappa shape index (κ3) is 3.34. The van der Waals surface area contributed by atoms with E-state index in [-0.39, 0.29) is 5.91 Å². The SMILES string of the molecule is Cc1cc2cc(n1)-c1cnn(C)c1-c1cccc(c1)Cn1c(nc3ccc(Br)cc31)NC2=O. The number of amides is 1. The molecule has 5 aromatic rings. The third-order valence-corrected chi connectivity index (χ3v) is 6.40. The molecule has 0 spiro atoms. The number of nitrogens with one attached hydrogen (secondary N) is 1. The second-order valence-corrected chi connectivity index (χ2v) is 9.14. The maximum Gasteiger partial charge on any atom is 0.258 e. The van der Waals surface area contributed by atoms with Crippen LogP contribution < -0.4 is 5.32 Å². The lowest BCUT2D eigenvalue weighted by Crippen LogP contribution is -2.17. The summed E-state index contributed by atoms with van der Waals surface area (Å²) in [6.07, 6.45) is 1.81. The molecule has 8 heteroatoms. The second kappa shape index (κ2) is 7.38. The lowest BCUT2D eigenvalue weighted by molar-refractivity contribution is 0.102. The highest BCUT2D eigenvalue weighted by Crippen LogP contribution is 2.33. The summed E-state index contributed by atoms with van der Waals surface area (Å²) >= 11 is 3.56. The molecule has 2 aromatic carbocycles. The molecule has 6 rings (SSSR count). The van der Waals surface area contributed by atoms with Gasteiger partial charge in [-0.25, -0.2) is 4.98 Å². The Morgan fingerprint density at radius 3 is 2.79 bits per heavy atom. The number of aromatic nitrogens is 5. The van der Waals surface area contributed by atoms with Crippen molar-refractivity contribution in [3.8, 4) is 22.5 Å². The van der Waals surface area contributed by atoms with Crippen molar-refractivity contribution < 1.29 is 4.79 Å². The number of pyridine rings is 1. The number of carbonyl (C=O) groups is 1. The van der Waals surface area contributed by atoms with Gasteiger partial charge in [0, 0.05) is 33.9 Å². The van der Waals surface area contributed by atoms with Crippen LogP contribution in [0.4, 0.5) is 5.95 Å². The molecule has 0 unspecified atom stereocenters. The number of rotatable bonds is 0. The number of nitrogens with zero attached hydrogens (tertiary/aromatic N) is 5. The number of benzene rings is 2. The Hall–Kier alpha value is -3.78. The zero-order valence-electron chi connectivity index (χ0n) is 18.0. The predicted molar refractivity (Wildman–Crippen MR) is 131 cm³/mol. The summed E-state index contributed by atoms with van der Waals surface area (Å²) < 4.78 is 4.84. The molecule has 0 radical (unpaired) electrons. The van der Waals surface area contributed by atoms with Crippen LogP contribution >= 0.6 is 15.9 Å². The van der Waals surface area contributed by atoms with Gasteiger partial charge in [0.1, 0.15) is 0 Å². The van der Waals surface area contributed by atoms with Crippen molar-refractivity contribution in [3.05, 3.63) is 82.1 Å². The maximum atomic E-state index is 13.3. The van der Waals surface area contributed by atoms with Gasteiger partial charge in [0.15, 0.2) is 0 Å². The summed E-state index contributed by atoms with van der Waals surface area (Å²) in [6, 6.07) is 17.9. The first-order chi connectivity index (χ1) is 16.0. The van der Waals surface area contributed by atoms with Crippen LogP contribution in [0.1, 0.15) is 21.6 Å². The highest BCUT2D eigenvalue weighted by Gasteiger charge is 2.20. The van der Waals surface area contributed by atoms with Crippen LogP contribution in [0.5, 0.6) is 0 Å². The Morgan fingerprint density at radius 1 is 1.03 bits per heavy atom. The van der Waals surface area contributed by atoms with E-state index in [1.807, 2.05) is 53.6 Å². The first kappa shape index (κ1) is 19.9. The van der Waals surface area contributed by atoms with Gasteiger partial charge in [0.05, 0.1) is 35.2 Å². The van der Waals surface area contributed by atoms with E-state index in [1.54, 1.807) is 12.3 Å². The van der Waals surface area contributed by atoms with E-state index in [0.29, 0.717) is 23.8 Å². The van der Waals surface area contributed by atoms with Crippen molar-refractivity contribution in [2.45, 2.75) is 13.5 Å². The van der Waals surface area contributed by atoms with Crippen LogP contribution in [0.25, 0.3) is 33.5 Å². The predicted octanol–water partition coefficient (Wildman–Crippen LogP) is 5.18. The monoisotopic (exact) mass is 498 g/mol. The van der Waals surface area contributed by atoms with E-state index in [1.165, 1.54) is 0 Å². The van der Waals surface area contributed by atoms with Crippen LogP contribution in [0.3, 0.4) is 0 Å². The van der Waals surface area contributed by atoms with Gasteiger partial charge in [0.2, 0.25) is 5.95 Å². The van der Waals surface area contributed by atoms with Crippen molar-refractivity contribution >= 4 is 38.8 Å². The molecule has 0 saturated carbocycles. The fraction of sp³-hybridized carbons (Fsp3) is 0.120. The molecule has 1 aliphatic rings. The number of carbonyl (C=O) groups excluding carboxylic acids is 1. The fourth-order valence-electron chi connectivity index (χ4n) is 4.43. The van der Waals surface area contributed by atoms with E-state index in [2.05, 4.69) is 44.5 Å². The van der Waals surface area contributed by atoms with Crippen molar-refractivity contribution in [1.29, 1.82) is 0 Å². The van der Waals surface area contributed by atoms with E-state index >= 15 is 0 Å². The lowest BCUT2D eigenvalue weighted by atomic mass is 10.0. The fourth-order valence-corrected chi connectivity index (χ4v) is 4.78. The van der Waals surface area contributed by atoms with Crippen LogP contribution in [-0.4, -0.2) is 30.2 Å². The van der Waals surface area contributed by atoms with Gasteiger partial charge >= 0.3 is 0 Å². The Balaban J connectivity index is 1.66. The molecule has 0 saturated heterocycles. The topological polar surface area (TPSA) is 77.6 Å². The van der Waals surface area contributed by atoms with Gasteiger partial charge in [-0.2, -0.15) is 5.10 Å². The average molecular weight is 499 g/mol. The molecule has 7 nitrogen and oxygen atoms in total. The number of hydrogen-bond donors (Lipinski definition) is 1. The van der Waals surface area contributed by atoms with Crippen molar-refractivity contribution in [3.63, 3.8) is 0 Å². The van der Waals surface area contributed by atoms with E-state index in [4.69, 9.17) is 9.97 Å². The molecular weight excluding hydrogens is 480 g/mol. The van der Waals surface area contributed by atoms with Gasteiger partial charge in [-0.1, -0.05) is 34.1 Å². The summed E-state index contributed by atoms with van der Waals surface area (Å²) in [6.45, 7) is 2.44. The maximum absolute atomic E-state index is 13.3. The second-order valence-electron chi connectivity index (χ2n) is 8.22. The molecule has 1 amide bonds. The quantitative estimate of drug-likeness (QED) is 0.319. The van der Waals surface area contributed by atoms with Crippen molar-refractivity contribution in [1.82, 2.24) is 24.3 Å². The highest BCUT2D eigenvalue weighted by atomic mass is 79.9. The number of anilines is 1. The molecule has 162 valence electrons. The minimum Gasteiger partial charge on any atom is -0.305 e. The number of hydrogen-bond acceptors (Lipinski definition) is 4. The Bertz CT molecular complexity index is 1580. The van der Waals surface area contributed by atoms with Crippen molar-refractivity contribution in [2.24, 2.45) is 7.05 Å². The Morgan fingerprint density at radius 2 is 1.91 bits per heavy atom. The van der Waals surface area contributed by atoms with Crippen LogP contribution in [0.2, 0.25) is 0 Å². The van der Waals surface area contributed by atoms with Gasteiger partial charge in [0.25, 0.3) is 5.91 Å². The summed E-state index contributed by atoms with van der Waals surface area (Å²) in [5.74, 6) is 0.279. The molecular formula is C25H19BrN6O. The molecule has 4 bridgehead atoms. The van der Waals surface area contributed by atoms with Crippen LogP contribution in [0, 0.1) is 6.92 Å². The van der Waals surface area contributed by atoms with Gasteiger partial charge in [-0.15, -0.1) is 0 Å². The van der Waals surface area contributed by atoms with Gasteiger partial charge < -0.3 is 4.57 Å². The molecule has 0 atom stereocenters. The minimum absolute atomic E-state index is 0.228. The lowest BCUT2D eigenvalue weighted by Gasteiger charge is -2.12. The minimum atomic E-state index is -0.228.